The minimum atomic E-state index is 0.0975. The van der Waals surface area contributed by atoms with Gasteiger partial charge < -0.3 is 0 Å². The monoisotopic (exact) mass is 232 g/mol. The van der Waals surface area contributed by atoms with Crippen LogP contribution in [0.25, 0.3) is 10.9 Å². The number of aromatic nitrogens is 2. The predicted octanol–water partition coefficient (Wildman–Crippen LogP) is 2.45. The van der Waals surface area contributed by atoms with E-state index in [1.165, 1.54) is 0 Å². The second-order valence-electron chi connectivity index (χ2n) is 4.07. The molecule has 0 spiro atoms. The summed E-state index contributed by atoms with van der Waals surface area (Å²) in [5.41, 5.74) is 0.903. The lowest BCUT2D eigenvalue weighted by Gasteiger charge is -2.23. The molecule has 1 aromatic heterocycles. The summed E-state index contributed by atoms with van der Waals surface area (Å²) in [7, 11) is 0. The van der Waals surface area contributed by atoms with Gasteiger partial charge in [-0.25, -0.2) is 4.98 Å². The van der Waals surface area contributed by atoms with Gasteiger partial charge in [0.15, 0.2) is 5.16 Å². The Morgan fingerprint density at radius 2 is 2.25 bits per heavy atom. The van der Waals surface area contributed by atoms with E-state index in [1.54, 1.807) is 11.8 Å². The fourth-order valence-electron chi connectivity index (χ4n) is 2.07. The molecule has 3 nitrogen and oxygen atoms in total. The van der Waals surface area contributed by atoms with Crippen molar-refractivity contribution >= 4 is 22.7 Å². The first kappa shape index (κ1) is 9.90. The van der Waals surface area contributed by atoms with E-state index < -0.39 is 0 Å². The van der Waals surface area contributed by atoms with Crippen LogP contribution in [0.2, 0.25) is 0 Å². The van der Waals surface area contributed by atoms with E-state index >= 15 is 0 Å². The van der Waals surface area contributed by atoms with E-state index in [-0.39, 0.29) is 11.6 Å². The first-order valence-electron chi connectivity index (χ1n) is 5.41. The molecule has 0 amide bonds. The highest BCUT2D eigenvalue weighted by molar-refractivity contribution is 7.99. The quantitative estimate of drug-likeness (QED) is 0.654. The number of hydrogen-bond acceptors (Lipinski definition) is 3. The molecule has 1 atom stereocenters. The highest BCUT2D eigenvalue weighted by atomic mass is 32.2. The second-order valence-corrected chi connectivity index (χ2v) is 5.13. The van der Waals surface area contributed by atoms with Gasteiger partial charge in [-0.2, -0.15) is 0 Å². The summed E-state index contributed by atoms with van der Waals surface area (Å²) in [4.78, 5) is 16.8. The molecule has 0 N–H and O–H groups in total. The Balaban J connectivity index is 2.41. The molecule has 2 aromatic rings. The van der Waals surface area contributed by atoms with Gasteiger partial charge in [0.2, 0.25) is 0 Å². The van der Waals surface area contributed by atoms with Crippen LogP contribution in [0.3, 0.4) is 0 Å². The predicted molar refractivity (Wildman–Crippen MR) is 66.1 cm³/mol. The van der Waals surface area contributed by atoms with E-state index in [9.17, 15) is 4.79 Å². The molecule has 1 aliphatic heterocycles. The first-order valence-corrected chi connectivity index (χ1v) is 6.40. The van der Waals surface area contributed by atoms with Crippen molar-refractivity contribution in [3.8, 4) is 0 Å². The number of para-hydroxylation sites is 1. The smallest absolute Gasteiger partial charge is 0.262 e. The van der Waals surface area contributed by atoms with Crippen molar-refractivity contribution in [3.63, 3.8) is 0 Å². The molecule has 0 saturated heterocycles. The molecule has 0 radical (unpaired) electrons. The van der Waals surface area contributed by atoms with Crippen molar-refractivity contribution in [2.75, 3.05) is 5.75 Å². The summed E-state index contributed by atoms with van der Waals surface area (Å²) in [5, 5.41) is 1.59. The van der Waals surface area contributed by atoms with Crippen molar-refractivity contribution in [3.05, 3.63) is 34.6 Å². The lowest BCUT2D eigenvalue weighted by molar-refractivity contribution is 0.458. The maximum atomic E-state index is 12.3. The van der Waals surface area contributed by atoms with Crippen LogP contribution in [0.15, 0.2) is 34.2 Å². The molecular weight excluding hydrogens is 220 g/mol. The van der Waals surface area contributed by atoms with Gasteiger partial charge >= 0.3 is 0 Å². The maximum Gasteiger partial charge on any atom is 0.262 e. The Morgan fingerprint density at radius 3 is 3.12 bits per heavy atom. The molecule has 0 fully saturated rings. The van der Waals surface area contributed by atoms with Crippen LogP contribution in [0.1, 0.15) is 19.4 Å². The number of rotatable bonds is 0. The third-order valence-corrected chi connectivity index (χ3v) is 3.97. The van der Waals surface area contributed by atoms with E-state index in [0.29, 0.717) is 0 Å². The SMILES string of the molecule is CC1CCSc2nc3ccccc3c(=O)n21. The number of benzene rings is 1. The third-order valence-electron chi connectivity index (χ3n) is 2.98. The number of fused-ring (bicyclic) bond motifs is 2. The van der Waals surface area contributed by atoms with E-state index in [2.05, 4.69) is 11.9 Å². The van der Waals surface area contributed by atoms with Gasteiger partial charge in [0.1, 0.15) is 0 Å². The summed E-state index contributed by atoms with van der Waals surface area (Å²) in [6.07, 6.45) is 1.04. The minimum Gasteiger partial charge on any atom is -0.284 e. The van der Waals surface area contributed by atoms with Crippen molar-refractivity contribution in [2.45, 2.75) is 24.5 Å². The number of nitrogens with zero attached hydrogens (tertiary/aromatic N) is 2. The summed E-state index contributed by atoms with van der Waals surface area (Å²) >= 11 is 1.67. The molecule has 0 aliphatic carbocycles. The highest BCUT2D eigenvalue weighted by Crippen LogP contribution is 2.28. The normalized spacial score (nSPS) is 19.7. The fraction of sp³-hybridized carbons (Fsp3) is 0.333. The molecular formula is C12H12N2OS. The van der Waals surface area contributed by atoms with Crippen molar-refractivity contribution < 1.29 is 0 Å². The van der Waals surface area contributed by atoms with Crippen LogP contribution in [0.5, 0.6) is 0 Å². The Kier molecular flexibility index (Phi) is 2.24. The van der Waals surface area contributed by atoms with Gasteiger partial charge in [0.25, 0.3) is 5.56 Å². The zero-order valence-electron chi connectivity index (χ0n) is 9.01. The summed E-state index contributed by atoms with van der Waals surface area (Å²) in [6.45, 7) is 2.08. The summed E-state index contributed by atoms with van der Waals surface area (Å²) in [5.74, 6) is 1.05. The topological polar surface area (TPSA) is 34.9 Å². The van der Waals surface area contributed by atoms with Gasteiger partial charge in [-0.1, -0.05) is 23.9 Å². The summed E-state index contributed by atoms with van der Waals surface area (Å²) < 4.78 is 1.83. The van der Waals surface area contributed by atoms with Crippen LogP contribution < -0.4 is 5.56 Å². The van der Waals surface area contributed by atoms with E-state index in [0.717, 1.165) is 28.2 Å². The molecule has 1 unspecified atom stereocenters. The van der Waals surface area contributed by atoms with Gasteiger partial charge in [0, 0.05) is 11.8 Å². The zero-order valence-corrected chi connectivity index (χ0v) is 9.83. The average Bonchev–Trinajstić information content (AvgIpc) is 2.29. The van der Waals surface area contributed by atoms with E-state index in [4.69, 9.17) is 0 Å². The molecule has 0 saturated carbocycles. The Hall–Kier alpha value is -1.29. The van der Waals surface area contributed by atoms with Crippen LogP contribution in [-0.2, 0) is 0 Å². The number of thioether (sulfide) groups is 1. The Labute approximate surface area is 97.5 Å². The Morgan fingerprint density at radius 1 is 1.44 bits per heavy atom. The first-order chi connectivity index (χ1) is 7.77. The van der Waals surface area contributed by atoms with Crippen LogP contribution in [-0.4, -0.2) is 15.3 Å². The highest BCUT2D eigenvalue weighted by Gasteiger charge is 2.20. The lowest BCUT2D eigenvalue weighted by atomic mass is 10.2. The van der Waals surface area contributed by atoms with E-state index in [1.807, 2.05) is 28.8 Å². The second kappa shape index (κ2) is 3.63. The van der Waals surface area contributed by atoms with Gasteiger partial charge in [0.05, 0.1) is 10.9 Å². The standard InChI is InChI=1S/C12H12N2OS/c1-8-6-7-16-12-13-10-5-3-2-4-9(10)11(15)14(8)12/h2-5,8H,6-7H2,1H3. The van der Waals surface area contributed by atoms with Crippen LogP contribution in [0, 0.1) is 0 Å². The molecule has 3 rings (SSSR count). The fourth-order valence-corrected chi connectivity index (χ4v) is 3.27. The van der Waals surface area contributed by atoms with Crippen LogP contribution in [0.4, 0.5) is 0 Å². The summed E-state index contributed by atoms with van der Waals surface area (Å²) in [6, 6.07) is 7.82. The third kappa shape index (κ3) is 1.37. The van der Waals surface area contributed by atoms with Crippen molar-refractivity contribution in [2.24, 2.45) is 0 Å². The molecule has 4 heteroatoms. The minimum absolute atomic E-state index is 0.0975. The zero-order chi connectivity index (χ0) is 11.1. The van der Waals surface area contributed by atoms with Gasteiger partial charge in [-0.3, -0.25) is 9.36 Å². The molecule has 2 heterocycles. The van der Waals surface area contributed by atoms with Crippen LogP contribution >= 0.6 is 11.8 Å². The molecule has 16 heavy (non-hydrogen) atoms. The maximum absolute atomic E-state index is 12.3. The molecule has 82 valence electrons. The van der Waals surface area contributed by atoms with Gasteiger partial charge in [-0.15, -0.1) is 0 Å². The average molecular weight is 232 g/mol. The lowest BCUT2D eigenvalue weighted by Crippen LogP contribution is -2.29. The molecule has 1 aliphatic rings. The van der Waals surface area contributed by atoms with Crippen molar-refractivity contribution in [1.82, 2.24) is 9.55 Å². The van der Waals surface area contributed by atoms with Crippen molar-refractivity contribution in [1.29, 1.82) is 0 Å². The Bertz CT molecular complexity index is 605. The van der Waals surface area contributed by atoms with Gasteiger partial charge in [-0.05, 0) is 25.5 Å². The largest absolute Gasteiger partial charge is 0.284 e. The number of hydrogen-bond donors (Lipinski definition) is 0. The molecule has 1 aromatic carbocycles. The molecule has 0 bridgehead atoms.